The molecule has 1 amide bonds. The van der Waals surface area contributed by atoms with E-state index in [0.29, 0.717) is 5.56 Å². The number of rotatable bonds is 6. The topological polar surface area (TPSA) is 50.2 Å². The largest absolute Gasteiger partial charge is 0.378 e. The van der Waals surface area contributed by atoms with Crippen LogP contribution in [-0.4, -0.2) is 29.6 Å². The lowest BCUT2D eigenvalue weighted by atomic mass is 10.1. The Morgan fingerprint density at radius 2 is 1.70 bits per heavy atom. The van der Waals surface area contributed by atoms with Gasteiger partial charge in [0.1, 0.15) is 5.82 Å². The number of hydrogen-bond acceptors (Lipinski definition) is 3. The summed E-state index contributed by atoms with van der Waals surface area (Å²) in [5.41, 5.74) is 5.69. The van der Waals surface area contributed by atoms with Gasteiger partial charge < -0.3 is 14.8 Å². The number of hydrogen-bond donors (Lipinski definition) is 1. The maximum Gasteiger partial charge on any atom is 0.255 e. The van der Waals surface area contributed by atoms with E-state index in [4.69, 9.17) is 4.98 Å². The van der Waals surface area contributed by atoms with E-state index in [2.05, 4.69) is 34.1 Å². The maximum atomic E-state index is 12.6. The van der Waals surface area contributed by atoms with Gasteiger partial charge in [-0.3, -0.25) is 4.79 Å². The minimum absolute atomic E-state index is 0.125. The third kappa shape index (κ3) is 4.20. The minimum atomic E-state index is -0.125. The number of carbonyl (C=O) groups is 1. The van der Waals surface area contributed by atoms with Crippen LogP contribution in [0.15, 0.2) is 72.8 Å². The lowest BCUT2D eigenvalue weighted by Gasteiger charge is -2.12. The third-order valence-corrected chi connectivity index (χ3v) is 5.36. The molecule has 0 aliphatic rings. The van der Waals surface area contributed by atoms with Crippen molar-refractivity contribution in [2.75, 3.05) is 24.3 Å². The molecule has 0 radical (unpaired) electrons. The van der Waals surface area contributed by atoms with E-state index in [1.54, 1.807) is 0 Å². The SMILES string of the molecule is CN(C)c1ccc(C(=O)Nc2ccc3c(c2)nc(CCc2ccccc2)n3C)cc1. The summed E-state index contributed by atoms with van der Waals surface area (Å²) >= 11 is 0. The van der Waals surface area contributed by atoms with Gasteiger partial charge in [-0.1, -0.05) is 30.3 Å². The molecule has 0 unspecified atom stereocenters. The van der Waals surface area contributed by atoms with Crippen molar-refractivity contribution in [2.45, 2.75) is 12.8 Å². The minimum Gasteiger partial charge on any atom is -0.378 e. The summed E-state index contributed by atoms with van der Waals surface area (Å²) in [6.45, 7) is 0. The molecule has 1 heterocycles. The third-order valence-electron chi connectivity index (χ3n) is 5.36. The van der Waals surface area contributed by atoms with E-state index in [1.165, 1.54) is 5.56 Å². The second-order valence-electron chi connectivity index (χ2n) is 7.67. The fourth-order valence-corrected chi connectivity index (χ4v) is 3.57. The van der Waals surface area contributed by atoms with Gasteiger partial charge >= 0.3 is 0 Å². The van der Waals surface area contributed by atoms with Gasteiger partial charge in [-0.2, -0.15) is 0 Å². The van der Waals surface area contributed by atoms with Crippen molar-refractivity contribution in [3.05, 3.63) is 89.7 Å². The van der Waals surface area contributed by atoms with E-state index in [0.717, 1.165) is 41.1 Å². The first-order valence-corrected chi connectivity index (χ1v) is 10.1. The molecule has 0 aliphatic heterocycles. The Balaban J connectivity index is 1.49. The summed E-state index contributed by atoms with van der Waals surface area (Å²) in [4.78, 5) is 19.4. The molecule has 0 saturated heterocycles. The number of nitrogens with one attached hydrogen (secondary N) is 1. The van der Waals surface area contributed by atoms with E-state index in [9.17, 15) is 4.79 Å². The predicted octanol–water partition coefficient (Wildman–Crippen LogP) is 4.68. The van der Waals surface area contributed by atoms with Gasteiger partial charge in [0, 0.05) is 44.5 Å². The molecular formula is C25H26N4O. The van der Waals surface area contributed by atoms with E-state index in [1.807, 2.05) is 74.6 Å². The summed E-state index contributed by atoms with van der Waals surface area (Å²) in [6.07, 6.45) is 1.82. The van der Waals surface area contributed by atoms with Crippen LogP contribution in [-0.2, 0) is 19.9 Å². The Kier molecular flexibility index (Phi) is 5.53. The van der Waals surface area contributed by atoms with Crippen molar-refractivity contribution in [3.8, 4) is 0 Å². The van der Waals surface area contributed by atoms with Gasteiger partial charge in [0.25, 0.3) is 5.91 Å². The Morgan fingerprint density at radius 1 is 0.967 bits per heavy atom. The van der Waals surface area contributed by atoms with Gasteiger partial charge in [0.05, 0.1) is 11.0 Å². The maximum absolute atomic E-state index is 12.6. The van der Waals surface area contributed by atoms with E-state index in [-0.39, 0.29) is 5.91 Å². The van der Waals surface area contributed by atoms with Gasteiger partial charge in [0.2, 0.25) is 0 Å². The first kappa shape index (κ1) is 19.7. The zero-order valence-electron chi connectivity index (χ0n) is 17.6. The molecule has 0 atom stereocenters. The van der Waals surface area contributed by atoms with E-state index < -0.39 is 0 Å². The molecule has 152 valence electrons. The molecule has 5 heteroatoms. The van der Waals surface area contributed by atoms with Crippen LogP contribution in [0.4, 0.5) is 11.4 Å². The second kappa shape index (κ2) is 8.41. The molecule has 5 nitrogen and oxygen atoms in total. The molecule has 0 bridgehead atoms. The van der Waals surface area contributed by atoms with Crippen LogP contribution < -0.4 is 10.2 Å². The van der Waals surface area contributed by atoms with Crippen LogP contribution in [0.25, 0.3) is 11.0 Å². The van der Waals surface area contributed by atoms with Crippen LogP contribution in [0.5, 0.6) is 0 Å². The molecule has 0 saturated carbocycles. The summed E-state index contributed by atoms with van der Waals surface area (Å²) in [7, 11) is 6.00. The number of nitrogens with zero attached hydrogens (tertiary/aromatic N) is 3. The van der Waals surface area contributed by atoms with Crippen LogP contribution in [0.1, 0.15) is 21.7 Å². The number of imidazole rings is 1. The van der Waals surface area contributed by atoms with Crippen molar-refractivity contribution >= 4 is 28.3 Å². The highest BCUT2D eigenvalue weighted by Gasteiger charge is 2.11. The Hall–Kier alpha value is -3.60. The number of aromatic nitrogens is 2. The van der Waals surface area contributed by atoms with Crippen molar-refractivity contribution in [1.82, 2.24) is 9.55 Å². The summed E-state index contributed by atoms with van der Waals surface area (Å²) in [5.74, 6) is 0.913. The number of fused-ring (bicyclic) bond motifs is 1. The second-order valence-corrected chi connectivity index (χ2v) is 7.67. The van der Waals surface area contributed by atoms with Crippen molar-refractivity contribution in [2.24, 2.45) is 7.05 Å². The van der Waals surface area contributed by atoms with Crippen molar-refractivity contribution < 1.29 is 4.79 Å². The molecule has 0 fully saturated rings. The normalized spacial score (nSPS) is 10.9. The van der Waals surface area contributed by atoms with Crippen LogP contribution in [0, 0.1) is 0 Å². The van der Waals surface area contributed by atoms with Gasteiger partial charge in [-0.05, 0) is 54.4 Å². The fourth-order valence-electron chi connectivity index (χ4n) is 3.57. The number of carbonyl (C=O) groups excluding carboxylic acids is 1. The summed E-state index contributed by atoms with van der Waals surface area (Å²) in [6, 6.07) is 23.9. The number of benzene rings is 3. The van der Waals surface area contributed by atoms with Gasteiger partial charge in [0.15, 0.2) is 0 Å². The average Bonchev–Trinajstić information content (AvgIpc) is 3.08. The number of aryl methyl sites for hydroxylation is 3. The van der Waals surface area contributed by atoms with Crippen molar-refractivity contribution in [3.63, 3.8) is 0 Å². The van der Waals surface area contributed by atoms with Gasteiger partial charge in [-0.25, -0.2) is 4.98 Å². The van der Waals surface area contributed by atoms with Crippen LogP contribution in [0.3, 0.4) is 0 Å². The Morgan fingerprint density at radius 3 is 2.40 bits per heavy atom. The molecule has 1 N–H and O–H groups in total. The molecule has 1 aromatic heterocycles. The quantitative estimate of drug-likeness (QED) is 0.513. The zero-order chi connectivity index (χ0) is 21.1. The van der Waals surface area contributed by atoms with E-state index >= 15 is 0 Å². The first-order chi connectivity index (χ1) is 14.5. The first-order valence-electron chi connectivity index (χ1n) is 10.1. The Labute approximate surface area is 177 Å². The number of amides is 1. The van der Waals surface area contributed by atoms with Crippen LogP contribution >= 0.6 is 0 Å². The number of anilines is 2. The zero-order valence-corrected chi connectivity index (χ0v) is 17.6. The average molecular weight is 399 g/mol. The Bertz CT molecular complexity index is 1160. The molecule has 0 spiro atoms. The molecule has 3 aromatic carbocycles. The highest BCUT2D eigenvalue weighted by Crippen LogP contribution is 2.21. The molecule has 30 heavy (non-hydrogen) atoms. The monoisotopic (exact) mass is 398 g/mol. The summed E-state index contributed by atoms with van der Waals surface area (Å²) in [5, 5.41) is 2.98. The standard InChI is InChI=1S/C25H26N4O/c1-28(2)21-13-10-19(11-14-21)25(30)26-20-12-15-23-22(17-20)27-24(29(23)3)16-9-18-7-5-4-6-8-18/h4-8,10-15,17H,9,16H2,1-3H3,(H,26,30). The molecular weight excluding hydrogens is 372 g/mol. The molecule has 0 aliphatic carbocycles. The fraction of sp³-hybridized carbons (Fsp3) is 0.200. The van der Waals surface area contributed by atoms with Gasteiger partial charge in [-0.15, -0.1) is 0 Å². The lowest BCUT2D eigenvalue weighted by molar-refractivity contribution is 0.102. The smallest absolute Gasteiger partial charge is 0.255 e. The molecule has 4 aromatic rings. The van der Waals surface area contributed by atoms with Crippen molar-refractivity contribution in [1.29, 1.82) is 0 Å². The highest BCUT2D eigenvalue weighted by atomic mass is 16.1. The molecule has 4 rings (SSSR count). The highest BCUT2D eigenvalue weighted by molar-refractivity contribution is 6.05. The lowest BCUT2D eigenvalue weighted by Crippen LogP contribution is -2.13. The predicted molar refractivity (Wildman–Crippen MR) is 123 cm³/mol. The summed E-state index contributed by atoms with van der Waals surface area (Å²) < 4.78 is 2.13. The van der Waals surface area contributed by atoms with Crippen LogP contribution in [0.2, 0.25) is 0 Å².